The van der Waals surface area contributed by atoms with Crippen LogP contribution >= 0.6 is 0 Å². The molecule has 0 saturated carbocycles. The predicted octanol–water partition coefficient (Wildman–Crippen LogP) is 2.29. The molecule has 1 aliphatic heterocycles. The first kappa shape index (κ1) is 12.3. The highest BCUT2D eigenvalue weighted by Gasteiger charge is 2.26. The molecule has 1 fully saturated rings. The lowest BCUT2D eigenvalue weighted by Crippen LogP contribution is -2.40. The molecule has 3 nitrogen and oxygen atoms in total. The van der Waals surface area contributed by atoms with Crippen molar-refractivity contribution in [2.75, 3.05) is 13.2 Å². The molecule has 1 saturated heterocycles. The average Bonchev–Trinajstić information content (AvgIpc) is 2.25. The van der Waals surface area contributed by atoms with Gasteiger partial charge in [-0.05, 0) is 32.4 Å². The van der Waals surface area contributed by atoms with Gasteiger partial charge in [0.1, 0.15) is 12.2 Å². The fraction of sp³-hybridized carbons (Fsp3) is 0.500. The van der Waals surface area contributed by atoms with Crippen LogP contribution in [0.25, 0.3) is 0 Å². The highest BCUT2D eigenvalue weighted by molar-refractivity contribution is 6.00. The minimum atomic E-state index is -0.399. The van der Waals surface area contributed by atoms with Crippen LogP contribution in [-0.4, -0.2) is 31.2 Å². The molecular formula is C14H18O3. The third-order valence-electron chi connectivity index (χ3n) is 3.03. The lowest BCUT2D eigenvalue weighted by atomic mass is 9.99. The highest BCUT2D eigenvalue weighted by Crippen LogP contribution is 2.16. The van der Waals surface area contributed by atoms with Crippen molar-refractivity contribution in [1.29, 1.82) is 0 Å². The zero-order valence-electron chi connectivity index (χ0n) is 10.5. The summed E-state index contributed by atoms with van der Waals surface area (Å²) in [5.41, 5.74) is 2.86. The van der Waals surface area contributed by atoms with Crippen molar-refractivity contribution in [1.82, 2.24) is 0 Å². The molecule has 0 aromatic heterocycles. The zero-order valence-corrected chi connectivity index (χ0v) is 10.5. The van der Waals surface area contributed by atoms with Crippen LogP contribution in [0.15, 0.2) is 18.2 Å². The summed E-state index contributed by atoms with van der Waals surface area (Å²) in [6.45, 7) is 6.95. The second-order valence-electron chi connectivity index (χ2n) is 4.62. The van der Waals surface area contributed by atoms with E-state index in [2.05, 4.69) is 0 Å². The van der Waals surface area contributed by atoms with E-state index in [1.165, 1.54) is 0 Å². The molecule has 0 bridgehead atoms. The van der Waals surface area contributed by atoms with Crippen molar-refractivity contribution in [2.45, 2.75) is 33.0 Å². The normalized spacial score (nSPS) is 17.6. The van der Waals surface area contributed by atoms with Crippen molar-refractivity contribution >= 4 is 5.78 Å². The predicted molar refractivity (Wildman–Crippen MR) is 65.4 cm³/mol. The molecule has 1 aliphatic rings. The van der Waals surface area contributed by atoms with E-state index in [-0.39, 0.29) is 11.9 Å². The lowest BCUT2D eigenvalue weighted by molar-refractivity contribution is -0.141. The Morgan fingerprint density at radius 1 is 1.41 bits per heavy atom. The monoisotopic (exact) mass is 234 g/mol. The average molecular weight is 234 g/mol. The van der Waals surface area contributed by atoms with E-state index in [4.69, 9.17) is 9.47 Å². The largest absolute Gasteiger partial charge is 0.376 e. The molecule has 17 heavy (non-hydrogen) atoms. The first-order chi connectivity index (χ1) is 8.08. The third-order valence-corrected chi connectivity index (χ3v) is 3.03. The molecule has 0 aliphatic carbocycles. The highest BCUT2D eigenvalue weighted by atomic mass is 16.6. The third kappa shape index (κ3) is 2.73. The Hall–Kier alpha value is -1.19. The van der Waals surface area contributed by atoms with Gasteiger partial charge in [-0.1, -0.05) is 17.7 Å². The van der Waals surface area contributed by atoms with Crippen LogP contribution in [0.4, 0.5) is 0 Å². The maximum Gasteiger partial charge on any atom is 0.191 e. The van der Waals surface area contributed by atoms with E-state index in [0.29, 0.717) is 13.2 Å². The molecule has 1 unspecified atom stereocenters. The van der Waals surface area contributed by atoms with Crippen LogP contribution in [0.2, 0.25) is 0 Å². The zero-order chi connectivity index (χ0) is 12.4. The Labute approximate surface area is 102 Å². The summed E-state index contributed by atoms with van der Waals surface area (Å²) in [4.78, 5) is 12.2. The summed E-state index contributed by atoms with van der Waals surface area (Å²) in [5, 5.41) is 0. The number of carbonyl (C=O) groups is 1. The fourth-order valence-electron chi connectivity index (χ4n) is 1.86. The summed E-state index contributed by atoms with van der Waals surface area (Å²) in [6.07, 6.45) is -0.316. The van der Waals surface area contributed by atoms with Crippen LogP contribution < -0.4 is 0 Å². The number of rotatable bonds is 4. The van der Waals surface area contributed by atoms with Gasteiger partial charge >= 0.3 is 0 Å². The van der Waals surface area contributed by atoms with Crippen LogP contribution in [0.5, 0.6) is 0 Å². The van der Waals surface area contributed by atoms with Gasteiger partial charge in [0.05, 0.1) is 13.2 Å². The summed E-state index contributed by atoms with van der Waals surface area (Å²) < 4.78 is 10.7. The standard InChI is InChI=1S/C14H18O3/c1-9-4-5-10(2)13(6-9)14(15)11(3)17-12-7-16-8-12/h4-6,11-12H,7-8H2,1-3H3. The SMILES string of the molecule is Cc1ccc(C)c(C(=O)C(C)OC2COC2)c1. The second-order valence-corrected chi connectivity index (χ2v) is 4.62. The molecule has 1 heterocycles. The number of carbonyl (C=O) groups excluding carboxylic acids is 1. The summed E-state index contributed by atoms with van der Waals surface area (Å²) in [5.74, 6) is 0.0538. The first-order valence-electron chi connectivity index (χ1n) is 5.92. The fourth-order valence-corrected chi connectivity index (χ4v) is 1.86. The van der Waals surface area contributed by atoms with Crippen molar-refractivity contribution in [3.8, 4) is 0 Å². The van der Waals surface area contributed by atoms with E-state index in [0.717, 1.165) is 16.7 Å². The molecule has 0 radical (unpaired) electrons. The van der Waals surface area contributed by atoms with Crippen LogP contribution in [0.1, 0.15) is 28.4 Å². The van der Waals surface area contributed by atoms with Crippen LogP contribution in [0.3, 0.4) is 0 Å². The molecule has 2 rings (SSSR count). The van der Waals surface area contributed by atoms with Crippen molar-refractivity contribution in [3.63, 3.8) is 0 Å². The van der Waals surface area contributed by atoms with Crippen LogP contribution in [0, 0.1) is 13.8 Å². The Bertz CT molecular complexity index is 421. The molecule has 92 valence electrons. The number of aryl methyl sites for hydroxylation is 2. The van der Waals surface area contributed by atoms with Gasteiger partial charge in [-0.3, -0.25) is 4.79 Å². The number of hydrogen-bond donors (Lipinski definition) is 0. The lowest BCUT2D eigenvalue weighted by Gasteiger charge is -2.28. The number of ketones is 1. The van der Waals surface area contributed by atoms with Gasteiger partial charge in [-0.2, -0.15) is 0 Å². The molecule has 1 aromatic rings. The van der Waals surface area contributed by atoms with E-state index in [1.807, 2.05) is 39.0 Å². The summed E-state index contributed by atoms with van der Waals surface area (Å²) in [7, 11) is 0. The Kier molecular flexibility index (Phi) is 3.60. The number of benzene rings is 1. The van der Waals surface area contributed by atoms with Gasteiger partial charge in [-0.25, -0.2) is 0 Å². The second kappa shape index (κ2) is 4.98. The summed E-state index contributed by atoms with van der Waals surface area (Å²) in [6, 6.07) is 5.91. The first-order valence-corrected chi connectivity index (χ1v) is 5.92. The van der Waals surface area contributed by atoms with Crippen molar-refractivity contribution < 1.29 is 14.3 Å². The quantitative estimate of drug-likeness (QED) is 0.750. The van der Waals surface area contributed by atoms with Gasteiger partial charge in [0.2, 0.25) is 0 Å². The maximum absolute atomic E-state index is 12.2. The molecule has 1 aromatic carbocycles. The molecule has 0 amide bonds. The van der Waals surface area contributed by atoms with E-state index >= 15 is 0 Å². The van der Waals surface area contributed by atoms with E-state index < -0.39 is 6.10 Å². The minimum Gasteiger partial charge on any atom is -0.376 e. The van der Waals surface area contributed by atoms with E-state index in [9.17, 15) is 4.79 Å². The number of Topliss-reactive ketones (excluding diaryl/α,β-unsaturated/α-hetero) is 1. The van der Waals surface area contributed by atoms with Gasteiger partial charge in [-0.15, -0.1) is 0 Å². The van der Waals surface area contributed by atoms with Gasteiger partial charge in [0.15, 0.2) is 5.78 Å². The van der Waals surface area contributed by atoms with Crippen LogP contribution in [-0.2, 0) is 9.47 Å². The van der Waals surface area contributed by atoms with Gasteiger partial charge in [0.25, 0.3) is 0 Å². The van der Waals surface area contributed by atoms with Gasteiger partial charge < -0.3 is 9.47 Å². The molecule has 0 N–H and O–H groups in total. The maximum atomic E-state index is 12.2. The Balaban J connectivity index is 2.09. The molecule has 1 atom stereocenters. The van der Waals surface area contributed by atoms with Gasteiger partial charge in [0, 0.05) is 5.56 Å². The Morgan fingerprint density at radius 3 is 2.71 bits per heavy atom. The van der Waals surface area contributed by atoms with Crippen molar-refractivity contribution in [3.05, 3.63) is 34.9 Å². The molecule has 0 spiro atoms. The molecular weight excluding hydrogens is 216 g/mol. The van der Waals surface area contributed by atoms with Crippen molar-refractivity contribution in [2.24, 2.45) is 0 Å². The smallest absolute Gasteiger partial charge is 0.191 e. The van der Waals surface area contributed by atoms with E-state index in [1.54, 1.807) is 0 Å². The number of hydrogen-bond acceptors (Lipinski definition) is 3. The molecule has 3 heteroatoms. The topological polar surface area (TPSA) is 35.5 Å². The number of ether oxygens (including phenoxy) is 2. The summed E-state index contributed by atoms with van der Waals surface area (Å²) >= 11 is 0. The minimum absolute atomic E-state index is 0.0538. The Morgan fingerprint density at radius 2 is 2.12 bits per heavy atom.